The zero-order chi connectivity index (χ0) is 22.1. The quantitative estimate of drug-likeness (QED) is 0.728. The number of amides is 4. The molecule has 1 saturated carbocycles. The van der Waals surface area contributed by atoms with Crippen LogP contribution >= 0.6 is 0 Å². The van der Waals surface area contributed by atoms with Crippen molar-refractivity contribution in [3.63, 3.8) is 0 Å². The minimum absolute atomic E-state index is 0.0905. The Kier molecular flexibility index (Phi) is 5.69. The predicted molar refractivity (Wildman–Crippen MR) is 116 cm³/mol. The van der Waals surface area contributed by atoms with Gasteiger partial charge in [-0.1, -0.05) is 31.7 Å². The molecule has 0 bridgehead atoms. The molecule has 1 aliphatic carbocycles. The number of ether oxygens (including phenoxy) is 2. The summed E-state index contributed by atoms with van der Waals surface area (Å²) in [4.78, 5) is 42.0. The second kappa shape index (κ2) is 8.64. The fourth-order valence-corrected chi connectivity index (χ4v) is 5.52. The Bertz CT molecular complexity index is 909. The Balaban J connectivity index is 1.30. The Morgan fingerprint density at radius 2 is 1.75 bits per heavy atom. The van der Waals surface area contributed by atoms with Gasteiger partial charge >= 0.3 is 6.03 Å². The van der Waals surface area contributed by atoms with Gasteiger partial charge in [-0.05, 0) is 43.4 Å². The molecule has 1 spiro atoms. The van der Waals surface area contributed by atoms with Gasteiger partial charge in [0.1, 0.15) is 12.1 Å². The van der Waals surface area contributed by atoms with Crippen molar-refractivity contribution in [2.45, 2.75) is 69.4 Å². The van der Waals surface area contributed by atoms with E-state index in [9.17, 15) is 14.4 Å². The van der Waals surface area contributed by atoms with Gasteiger partial charge < -0.3 is 19.7 Å². The number of hydrogen-bond acceptors (Lipinski definition) is 5. The molecule has 3 fully saturated rings. The van der Waals surface area contributed by atoms with Crippen molar-refractivity contribution < 1.29 is 23.9 Å². The van der Waals surface area contributed by atoms with Gasteiger partial charge in [0.05, 0.1) is 19.3 Å². The van der Waals surface area contributed by atoms with E-state index in [1.54, 1.807) is 4.90 Å². The summed E-state index contributed by atoms with van der Waals surface area (Å²) in [5, 5.41) is 2.92. The molecule has 5 rings (SSSR count). The van der Waals surface area contributed by atoms with Crippen LogP contribution in [0.5, 0.6) is 11.5 Å². The molecule has 3 heterocycles. The fraction of sp³-hybridized carbons (Fsp3) is 0.625. The van der Waals surface area contributed by atoms with Crippen LogP contribution in [0, 0.1) is 0 Å². The third-order valence-corrected chi connectivity index (χ3v) is 7.23. The summed E-state index contributed by atoms with van der Waals surface area (Å²) in [5.41, 5.74) is 0.185. The van der Waals surface area contributed by atoms with Crippen LogP contribution in [0.2, 0.25) is 0 Å². The summed E-state index contributed by atoms with van der Waals surface area (Å²) in [6.45, 7) is 1.66. The average molecular weight is 442 g/mol. The lowest BCUT2D eigenvalue weighted by atomic mass is 9.90. The SMILES string of the molecule is O=C1NC2(CCCCCC2)C(=O)N1CC(=O)N1CCCC1c1ccc2c(c1)OCCCO2. The molecule has 8 nitrogen and oxygen atoms in total. The molecule has 172 valence electrons. The molecule has 1 atom stereocenters. The van der Waals surface area contributed by atoms with Crippen LogP contribution in [0.15, 0.2) is 18.2 Å². The molecular formula is C24H31N3O5. The van der Waals surface area contributed by atoms with Crippen molar-refractivity contribution in [2.24, 2.45) is 0 Å². The zero-order valence-corrected chi connectivity index (χ0v) is 18.4. The Labute approximate surface area is 188 Å². The van der Waals surface area contributed by atoms with E-state index in [4.69, 9.17) is 9.47 Å². The number of carbonyl (C=O) groups is 3. The van der Waals surface area contributed by atoms with Crippen molar-refractivity contribution in [2.75, 3.05) is 26.3 Å². The van der Waals surface area contributed by atoms with E-state index in [-0.39, 0.29) is 24.4 Å². The minimum Gasteiger partial charge on any atom is -0.490 e. The zero-order valence-electron chi connectivity index (χ0n) is 18.4. The van der Waals surface area contributed by atoms with Crippen LogP contribution in [0.3, 0.4) is 0 Å². The molecule has 3 aliphatic heterocycles. The van der Waals surface area contributed by atoms with E-state index >= 15 is 0 Å². The maximum atomic E-state index is 13.3. The number of fused-ring (bicyclic) bond motifs is 1. The van der Waals surface area contributed by atoms with Gasteiger partial charge in [-0.2, -0.15) is 0 Å². The van der Waals surface area contributed by atoms with Crippen LogP contribution in [0.1, 0.15) is 69.4 Å². The van der Waals surface area contributed by atoms with Crippen LogP contribution in [-0.4, -0.2) is 59.5 Å². The highest BCUT2D eigenvalue weighted by atomic mass is 16.5. The molecule has 1 unspecified atom stereocenters. The Hall–Kier alpha value is -2.77. The summed E-state index contributed by atoms with van der Waals surface area (Å²) in [5.74, 6) is 1.02. The molecule has 1 aromatic carbocycles. The number of imide groups is 1. The summed E-state index contributed by atoms with van der Waals surface area (Å²) in [6.07, 6.45) is 7.88. The van der Waals surface area contributed by atoms with Crippen molar-refractivity contribution in [3.05, 3.63) is 23.8 Å². The van der Waals surface area contributed by atoms with Gasteiger partial charge in [0.15, 0.2) is 11.5 Å². The average Bonchev–Trinajstić information content (AvgIpc) is 3.14. The van der Waals surface area contributed by atoms with Crippen LogP contribution < -0.4 is 14.8 Å². The van der Waals surface area contributed by atoms with E-state index in [1.165, 1.54) is 0 Å². The molecule has 2 saturated heterocycles. The summed E-state index contributed by atoms with van der Waals surface area (Å²) >= 11 is 0. The third-order valence-electron chi connectivity index (χ3n) is 7.23. The van der Waals surface area contributed by atoms with E-state index < -0.39 is 11.6 Å². The number of likely N-dealkylation sites (tertiary alicyclic amines) is 1. The topological polar surface area (TPSA) is 88.2 Å². The smallest absolute Gasteiger partial charge is 0.325 e. The molecule has 1 N–H and O–H groups in total. The summed E-state index contributed by atoms with van der Waals surface area (Å²) in [6, 6.07) is 5.33. The molecule has 32 heavy (non-hydrogen) atoms. The first kappa shape index (κ1) is 21.1. The summed E-state index contributed by atoms with van der Waals surface area (Å²) < 4.78 is 11.5. The first-order valence-electron chi connectivity index (χ1n) is 11.9. The number of carbonyl (C=O) groups excluding carboxylic acids is 3. The second-order valence-electron chi connectivity index (χ2n) is 9.32. The van der Waals surface area contributed by atoms with E-state index in [2.05, 4.69) is 5.32 Å². The maximum Gasteiger partial charge on any atom is 0.325 e. The first-order chi connectivity index (χ1) is 15.6. The standard InChI is InChI=1S/C24H31N3O5/c28-21(16-27-22(29)24(25-23(27)30)10-3-1-2-4-11-24)26-12-5-7-18(26)17-8-9-19-20(15-17)32-14-6-13-31-19/h8-9,15,18H,1-7,10-14,16H2,(H,25,30). The fourth-order valence-electron chi connectivity index (χ4n) is 5.52. The van der Waals surface area contributed by atoms with Crippen molar-refractivity contribution in [1.82, 2.24) is 15.1 Å². The highest BCUT2D eigenvalue weighted by Gasteiger charge is 2.51. The Morgan fingerprint density at radius 1 is 1.00 bits per heavy atom. The van der Waals surface area contributed by atoms with Gasteiger partial charge in [0, 0.05) is 13.0 Å². The van der Waals surface area contributed by atoms with Crippen molar-refractivity contribution >= 4 is 17.8 Å². The lowest BCUT2D eigenvalue weighted by molar-refractivity contribution is -0.139. The van der Waals surface area contributed by atoms with E-state index in [0.717, 1.165) is 61.2 Å². The first-order valence-corrected chi connectivity index (χ1v) is 11.9. The number of rotatable bonds is 3. The van der Waals surface area contributed by atoms with E-state index in [1.807, 2.05) is 18.2 Å². The molecule has 0 aromatic heterocycles. The minimum atomic E-state index is -0.813. The molecule has 8 heteroatoms. The maximum absolute atomic E-state index is 13.3. The number of nitrogens with one attached hydrogen (secondary N) is 1. The lowest BCUT2D eigenvalue weighted by Crippen LogP contribution is -2.47. The van der Waals surface area contributed by atoms with Crippen molar-refractivity contribution in [3.8, 4) is 11.5 Å². The number of hydrogen-bond donors (Lipinski definition) is 1. The monoisotopic (exact) mass is 441 g/mol. The second-order valence-corrected chi connectivity index (χ2v) is 9.32. The number of nitrogens with zero attached hydrogens (tertiary/aromatic N) is 2. The Morgan fingerprint density at radius 3 is 2.53 bits per heavy atom. The number of urea groups is 1. The van der Waals surface area contributed by atoms with Gasteiger partial charge in [0.25, 0.3) is 5.91 Å². The van der Waals surface area contributed by atoms with Gasteiger partial charge in [-0.3, -0.25) is 14.5 Å². The highest BCUT2D eigenvalue weighted by Crippen LogP contribution is 2.38. The normalized spacial score (nSPS) is 24.9. The molecular weight excluding hydrogens is 410 g/mol. The predicted octanol–water partition coefficient (Wildman–Crippen LogP) is 3.16. The molecule has 4 aliphatic rings. The van der Waals surface area contributed by atoms with E-state index in [0.29, 0.717) is 38.3 Å². The van der Waals surface area contributed by atoms with Crippen LogP contribution in [0.4, 0.5) is 4.79 Å². The lowest BCUT2D eigenvalue weighted by Gasteiger charge is -2.28. The third kappa shape index (κ3) is 3.80. The van der Waals surface area contributed by atoms with Crippen LogP contribution in [-0.2, 0) is 9.59 Å². The van der Waals surface area contributed by atoms with Gasteiger partial charge in [-0.15, -0.1) is 0 Å². The highest BCUT2D eigenvalue weighted by molar-refractivity contribution is 6.09. The molecule has 1 aromatic rings. The van der Waals surface area contributed by atoms with Crippen molar-refractivity contribution in [1.29, 1.82) is 0 Å². The largest absolute Gasteiger partial charge is 0.490 e. The summed E-state index contributed by atoms with van der Waals surface area (Å²) in [7, 11) is 0. The molecule has 4 amide bonds. The number of benzene rings is 1. The van der Waals surface area contributed by atoms with Gasteiger partial charge in [0.2, 0.25) is 5.91 Å². The van der Waals surface area contributed by atoms with Crippen LogP contribution in [0.25, 0.3) is 0 Å². The molecule has 0 radical (unpaired) electrons. The van der Waals surface area contributed by atoms with Gasteiger partial charge in [-0.25, -0.2) is 4.79 Å².